The van der Waals surface area contributed by atoms with E-state index < -0.39 is 11.6 Å². The number of aromatic nitrogens is 2. The molecular weight excluding hydrogens is 270 g/mol. The van der Waals surface area contributed by atoms with Crippen molar-refractivity contribution < 1.29 is 4.79 Å². The summed E-state index contributed by atoms with van der Waals surface area (Å²) in [5.74, 6) is 0.131. The van der Waals surface area contributed by atoms with E-state index in [-0.39, 0.29) is 5.95 Å². The summed E-state index contributed by atoms with van der Waals surface area (Å²) in [4.78, 5) is 31.4. The number of H-pyrrole nitrogens is 1. The summed E-state index contributed by atoms with van der Waals surface area (Å²) in [6.45, 7) is 11.7. The summed E-state index contributed by atoms with van der Waals surface area (Å²) in [5, 5.41) is 5.18. The molecule has 0 atom stereocenters. The molecule has 1 rings (SSSR count). The second-order valence-electron chi connectivity index (χ2n) is 4.47. The Hall–Kier alpha value is -2.41. The quantitative estimate of drug-likeness (QED) is 0.620. The van der Waals surface area contributed by atoms with E-state index in [1.165, 1.54) is 6.07 Å². The smallest absolute Gasteiger partial charge is 0.321 e. The number of hydrogen-bond acceptors (Lipinski definition) is 4. The van der Waals surface area contributed by atoms with Crippen LogP contribution in [0.4, 0.5) is 10.7 Å². The first-order valence-corrected chi connectivity index (χ1v) is 6.62. The molecule has 0 fully saturated rings. The maximum absolute atomic E-state index is 11.7. The molecular formula is C14H21N5O2. The Bertz CT molecular complexity index is 543. The van der Waals surface area contributed by atoms with Gasteiger partial charge in [-0.25, -0.2) is 4.79 Å². The highest BCUT2D eigenvalue weighted by molar-refractivity contribution is 5.87. The number of nitrogens with one attached hydrogen (secondary N) is 3. The van der Waals surface area contributed by atoms with E-state index in [9.17, 15) is 9.59 Å². The number of anilines is 1. The third kappa shape index (κ3) is 6.53. The molecule has 7 heteroatoms. The monoisotopic (exact) mass is 291 g/mol. The lowest BCUT2D eigenvalue weighted by atomic mass is 10.4. The van der Waals surface area contributed by atoms with Crippen molar-refractivity contribution in [1.82, 2.24) is 20.2 Å². The lowest BCUT2D eigenvalue weighted by molar-refractivity contribution is 0.249. The molecule has 21 heavy (non-hydrogen) atoms. The Labute approximate surface area is 123 Å². The van der Waals surface area contributed by atoms with Crippen molar-refractivity contribution in [2.75, 3.05) is 31.5 Å². The number of rotatable bonds is 8. The van der Waals surface area contributed by atoms with Crippen molar-refractivity contribution in [2.45, 2.75) is 6.92 Å². The zero-order chi connectivity index (χ0) is 15.7. The van der Waals surface area contributed by atoms with Crippen molar-refractivity contribution >= 4 is 12.0 Å². The summed E-state index contributed by atoms with van der Waals surface area (Å²) in [6.07, 6.45) is 3.59. The fraction of sp³-hybridized carbons (Fsp3) is 0.357. The van der Waals surface area contributed by atoms with Crippen LogP contribution in [0.2, 0.25) is 0 Å². The van der Waals surface area contributed by atoms with E-state index in [2.05, 4.69) is 38.7 Å². The van der Waals surface area contributed by atoms with Crippen molar-refractivity contribution in [1.29, 1.82) is 0 Å². The minimum atomic E-state index is -0.416. The summed E-state index contributed by atoms with van der Waals surface area (Å²) < 4.78 is 0. The van der Waals surface area contributed by atoms with Gasteiger partial charge in [-0.05, 0) is 6.92 Å². The van der Waals surface area contributed by atoms with Gasteiger partial charge in [0.1, 0.15) is 0 Å². The number of carbonyl (C=O) groups excluding carboxylic acids is 1. The van der Waals surface area contributed by atoms with E-state index in [1.54, 1.807) is 19.1 Å². The highest BCUT2D eigenvalue weighted by Gasteiger charge is 2.05. The van der Waals surface area contributed by atoms with Gasteiger partial charge in [0.2, 0.25) is 5.95 Å². The minimum absolute atomic E-state index is 0.131. The molecule has 0 unspecified atom stereocenters. The van der Waals surface area contributed by atoms with Crippen LogP contribution in [0, 0.1) is 6.92 Å². The van der Waals surface area contributed by atoms with Crippen LogP contribution in [0.3, 0.4) is 0 Å². The molecule has 3 N–H and O–H groups in total. The molecule has 0 aromatic carbocycles. The minimum Gasteiger partial charge on any atom is -0.337 e. The largest absolute Gasteiger partial charge is 0.337 e. The first kappa shape index (κ1) is 16.6. The molecule has 0 saturated heterocycles. The molecule has 0 bridgehead atoms. The zero-order valence-electron chi connectivity index (χ0n) is 12.2. The van der Waals surface area contributed by atoms with E-state index in [4.69, 9.17) is 0 Å². The van der Waals surface area contributed by atoms with Crippen LogP contribution in [-0.2, 0) is 0 Å². The molecule has 114 valence electrons. The molecule has 0 aliphatic carbocycles. The fourth-order valence-corrected chi connectivity index (χ4v) is 1.74. The number of hydrogen-bond donors (Lipinski definition) is 3. The van der Waals surface area contributed by atoms with Gasteiger partial charge in [0.25, 0.3) is 5.56 Å². The Balaban J connectivity index is 2.41. The molecule has 7 nitrogen and oxygen atoms in total. The molecule has 0 radical (unpaired) electrons. The summed E-state index contributed by atoms with van der Waals surface area (Å²) >= 11 is 0. The maximum Gasteiger partial charge on any atom is 0.321 e. The Kier molecular flexibility index (Phi) is 6.90. The lowest BCUT2D eigenvalue weighted by Gasteiger charge is -2.18. The molecule has 1 aromatic heterocycles. The van der Waals surface area contributed by atoms with Gasteiger partial charge in [0.15, 0.2) is 0 Å². The van der Waals surface area contributed by atoms with Gasteiger partial charge in [-0.2, -0.15) is 4.98 Å². The topological polar surface area (TPSA) is 90.1 Å². The predicted molar refractivity (Wildman–Crippen MR) is 83.5 cm³/mol. The van der Waals surface area contributed by atoms with Gasteiger partial charge < -0.3 is 10.3 Å². The molecule has 0 aliphatic heterocycles. The molecule has 1 heterocycles. The highest BCUT2D eigenvalue weighted by Crippen LogP contribution is 1.95. The van der Waals surface area contributed by atoms with Gasteiger partial charge >= 0.3 is 6.03 Å². The Morgan fingerprint density at radius 2 is 2.10 bits per heavy atom. The first-order chi connectivity index (χ1) is 10.0. The number of aromatic amines is 1. The van der Waals surface area contributed by atoms with Gasteiger partial charge in [0.05, 0.1) is 0 Å². The van der Waals surface area contributed by atoms with Crippen molar-refractivity contribution in [3.8, 4) is 0 Å². The van der Waals surface area contributed by atoms with Crippen LogP contribution >= 0.6 is 0 Å². The number of nitrogens with zero attached hydrogens (tertiary/aromatic N) is 2. The van der Waals surface area contributed by atoms with Gasteiger partial charge in [0, 0.05) is 37.9 Å². The van der Waals surface area contributed by atoms with E-state index in [0.717, 1.165) is 13.1 Å². The zero-order valence-corrected chi connectivity index (χ0v) is 12.2. The number of urea groups is 1. The van der Waals surface area contributed by atoms with Crippen LogP contribution in [0.25, 0.3) is 0 Å². The molecule has 1 aromatic rings. The molecule has 0 spiro atoms. The maximum atomic E-state index is 11.7. The Morgan fingerprint density at radius 3 is 2.67 bits per heavy atom. The molecule has 0 aliphatic rings. The fourth-order valence-electron chi connectivity index (χ4n) is 1.74. The average molecular weight is 291 g/mol. The molecule has 0 saturated carbocycles. The van der Waals surface area contributed by atoms with Crippen molar-refractivity contribution in [3.63, 3.8) is 0 Å². The number of aryl methyl sites for hydroxylation is 1. The van der Waals surface area contributed by atoms with Crippen molar-refractivity contribution in [2.24, 2.45) is 0 Å². The standard InChI is InChI=1S/C14H21N5O2/c1-4-7-19(8-5-2)9-6-15-14(21)18-13-16-11(3)10-12(20)17-13/h4-5,10H,1-2,6-9H2,3H3,(H3,15,16,17,18,20,21). The normalized spacial score (nSPS) is 10.2. The summed E-state index contributed by atoms with van der Waals surface area (Å²) in [6, 6.07) is 0.937. The highest BCUT2D eigenvalue weighted by atomic mass is 16.2. The van der Waals surface area contributed by atoms with E-state index >= 15 is 0 Å². The third-order valence-corrected chi connectivity index (χ3v) is 2.60. The first-order valence-electron chi connectivity index (χ1n) is 6.62. The summed E-state index contributed by atoms with van der Waals surface area (Å²) in [7, 11) is 0. The van der Waals surface area contributed by atoms with Crippen LogP contribution in [0.5, 0.6) is 0 Å². The average Bonchev–Trinajstić information content (AvgIpc) is 2.37. The number of carbonyl (C=O) groups is 1. The Morgan fingerprint density at radius 1 is 1.43 bits per heavy atom. The van der Waals surface area contributed by atoms with Crippen LogP contribution in [0.15, 0.2) is 36.2 Å². The second kappa shape index (κ2) is 8.70. The van der Waals surface area contributed by atoms with E-state index in [1.807, 2.05) is 0 Å². The molecule has 2 amide bonds. The van der Waals surface area contributed by atoms with Crippen molar-refractivity contribution in [3.05, 3.63) is 47.4 Å². The van der Waals surface area contributed by atoms with Gasteiger partial charge in [-0.1, -0.05) is 12.2 Å². The lowest BCUT2D eigenvalue weighted by Crippen LogP contribution is -2.37. The van der Waals surface area contributed by atoms with Crippen LogP contribution < -0.4 is 16.2 Å². The predicted octanol–water partition coefficient (Wildman–Crippen LogP) is 0.874. The van der Waals surface area contributed by atoms with Gasteiger partial charge in [-0.3, -0.25) is 15.0 Å². The van der Waals surface area contributed by atoms with Crippen LogP contribution in [-0.4, -0.2) is 47.1 Å². The van der Waals surface area contributed by atoms with Crippen LogP contribution in [0.1, 0.15) is 5.69 Å². The second-order valence-corrected chi connectivity index (χ2v) is 4.47. The summed E-state index contributed by atoms with van der Waals surface area (Å²) in [5.41, 5.74) is 0.234. The van der Waals surface area contributed by atoms with Gasteiger partial charge in [-0.15, -0.1) is 13.2 Å². The SMILES string of the molecule is C=CCN(CC=C)CCNC(=O)Nc1nc(=O)cc(C)[nH]1. The third-order valence-electron chi connectivity index (χ3n) is 2.60. The number of amides is 2. The van der Waals surface area contributed by atoms with E-state index in [0.29, 0.717) is 18.8 Å².